The fourth-order valence-corrected chi connectivity index (χ4v) is 1.16. The van der Waals surface area contributed by atoms with E-state index in [-0.39, 0.29) is 12.6 Å². The number of esters is 1. The summed E-state index contributed by atoms with van der Waals surface area (Å²) in [6.45, 7) is 0.679. The lowest BCUT2D eigenvalue weighted by Gasteiger charge is -2.03. The zero-order valence-corrected chi connectivity index (χ0v) is 8.79. The molecule has 0 amide bonds. The lowest BCUT2D eigenvalue weighted by atomic mass is 10.2. The highest BCUT2D eigenvalue weighted by atomic mass is 32.1. The Bertz CT molecular complexity index is 312. The van der Waals surface area contributed by atoms with Gasteiger partial charge in [-0.05, 0) is 18.2 Å². The van der Waals surface area contributed by atoms with Gasteiger partial charge in [0.15, 0.2) is 0 Å². The molecule has 0 radical (unpaired) electrons. The van der Waals surface area contributed by atoms with Gasteiger partial charge in [0.2, 0.25) is 0 Å². The Morgan fingerprint density at radius 2 is 2.21 bits per heavy atom. The van der Waals surface area contributed by atoms with Crippen LogP contribution in [-0.4, -0.2) is 26.3 Å². The molecule has 0 aliphatic carbocycles. The van der Waals surface area contributed by atoms with E-state index >= 15 is 0 Å². The van der Waals surface area contributed by atoms with Gasteiger partial charge in [-0.25, -0.2) is 4.79 Å². The predicted molar refractivity (Wildman–Crippen MR) is 55.9 cm³/mol. The summed E-state index contributed by atoms with van der Waals surface area (Å²) in [5, 5.41) is 0. The smallest absolute Gasteiger partial charge is 0.338 e. The molecule has 0 heterocycles. The highest BCUT2D eigenvalue weighted by Crippen LogP contribution is 2.09. The van der Waals surface area contributed by atoms with Crippen LogP contribution in [0.3, 0.4) is 0 Å². The summed E-state index contributed by atoms with van der Waals surface area (Å²) in [6, 6.07) is 6.91. The number of thiol groups is 1. The van der Waals surface area contributed by atoms with Crippen molar-refractivity contribution >= 4 is 18.6 Å². The topological polar surface area (TPSA) is 35.5 Å². The van der Waals surface area contributed by atoms with Crippen molar-refractivity contribution < 1.29 is 14.3 Å². The van der Waals surface area contributed by atoms with Crippen molar-refractivity contribution in [2.75, 3.05) is 20.3 Å². The molecule has 0 aliphatic rings. The predicted octanol–water partition coefficient (Wildman–Crippen LogP) is 1.78. The molecular formula is C10H12O3S. The molecule has 3 nitrogen and oxygen atoms in total. The molecule has 0 atom stereocenters. The Hall–Kier alpha value is -1.00. The summed E-state index contributed by atoms with van der Waals surface area (Å²) in [7, 11) is 1.56. The van der Waals surface area contributed by atoms with Crippen LogP contribution in [0.4, 0.5) is 0 Å². The van der Waals surface area contributed by atoms with Gasteiger partial charge in [0.05, 0.1) is 12.2 Å². The maximum Gasteiger partial charge on any atom is 0.338 e. The third-order valence-corrected chi connectivity index (χ3v) is 1.88. The van der Waals surface area contributed by atoms with E-state index in [4.69, 9.17) is 9.47 Å². The minimum Gasteiger partial charge on any atom is -0.460 e. The van der Waals surface area contributed by atoms with E-state index in [1.54, 1.807) is 31.4 Å². The highest BCUT2D eigenvalue weighted by molar-refractivity contribution is 7.80. The first-order valence-corrected chi connectivity index (χ1v) is 4.64. The van der Waals surface area contributed by atoms with Crippen molar-refractivity contribution in [1.29, 1.82) is 0 Å². The van der Waals surface area contributed by atoms with E-state index in [1.807, 2.05) is 0 Å². The molecule has 14 heavy (non-hydrogen) atoms. The van der Waals surface area contributed by atoms with Gasteiger partial charge in [0.25, 0.3) is 0 Å². The number of methoxy groups -OCH3 is 1. The average Bonchev–Trinajstić information content (AvgIpc) is 2.18. The number of hydrogen-bond donors (Lipinski definition) is 1. The molecule has 0 bridgehead atoms. The first-order valence-electron chi connectivity index (χ1n) is 4.19. The van der Waals surface area contributed by atoms with Crippen molar-refractivity contribution in [2.45, 2.75) is 4.90 Å². The van der Waals surface area contributed by atoms with E-state index in [0.717, 1.165) is 4.90 Å². The van der Waals surface area contributed by atoms with Crippen molar-refractivity contribution in [2.24, 2.45) is 0 Å². The number of ether oxygens (including phenoxy) is 2. The minimum atomic E-state index is -0.349. The molecule has 0 N–H and O–H groups in total. The van der Waals surface area contributed by atoms with Crippen LogP contribution in [0.2, 0.25) is 0 Å². The molecule has 0 aromatic heterocycles. The Balaban J connectivity index is 2.52. The Morgan fingerprint density at radius 3 is 2.86 bits per heavy atom. The Kier molecular flexibility index (Phi) is 4.49. The van der Waals surface area contributed by atoms with Crippen molar-refractivity contribution in [3.05, 3.63) is 29.8 Å². The molecule has 1 aromatic rings. The van der Waals surface area contributed by atoms with Gasteiger partial charge in [-0.2, -0.15) is 0 Å². The second-order valence-electron chi connectivity index (χ2n) is 2.68. The summed E-state index contributed by atoms with van der Waals surface area (Å²) in [6.07, 6.45) is 0. The van der Waals surface area contributed by atoms with Crippen LogP contribution in [0.25, 0.3) is 0 Å². The Labute approximate surface area is 88.4 Å². The second-order valence-corrected chi connectivity index (χ2v) is 3.20. The summed E-state index contributed by atoms with van der Waals surface area (Å²) >= 11 is 4.13. The van der Waals surface area contributed by atoms with Crippen LogP contribution in [0.1, 0.15) is 10.4 Å². The Morgan fingerprint density at radius 1 is 1.43 bits per heavy atom. The third kappa shape index (κ3) is 3.40. The summed E-state index contributed by atoms with van der Waals surface area (Å²) in [5.41, 5.74) is 0.508. The van der Waals surface area contributed by atoms with E-state index in [9.17, 15) is 4.79 Å². The monoisotopic (exact) mass is 212 g/mol. The van der Waals surface area contributed by atoms with Gasteiger partial charge in [0, 0.05) is 12.0 Å². The van der Waals surface area contributed by atoms with Crippen LogP contribution in [0, 0.1) is 0 Å². The highest BCUT2D eigenvalue weighted by Gasteiger charge is 2.05. The lowest BCUT2D eigenvalue weighted by Crippen LogP contribution is -2.09. The van der Waals surface area contributed by atoms with Gasteiger partial charge < -0.3 is 9.47 Å². The summed E-state index contributed by atoms with van der Waals surface area (Å²) < 4.78 is 9.69. The number of carbonyl (C=O) groups is 1. The van der Waals surface area contributed by atoms with Crippen LogP contribution >= 0.6 is 12.6 Å². The van der Waals surface area contributed by atoms with Crippen LogP contribution in [0.15, 0.2) is 29.2 Å². The first kappa shape index (κ1) is 11.1. The molecule has 0 aliphatic heterocycles. The number of hydrogen-bond acceptors (Lipinski definition) is 4. The number of rotatable bonds is 4. The molecule has 0 saturated heterocycles. The number of carbonyl (C=O) groups excluding carboxylic acids is 1. The van der Waals surface area contributed by atoms with Gasteiger partial charge in [-0.3, -0.25) is 0 Å². The SMILES string of the molecule is COCCOC(=O)c1cccc(S)c1. The van der Waals surface area contributed by atoms with Crippen molar-refractivity contribution in [1.82, 2.24) is 0 Å². The zero-order chi connectivity index (χ0) is 10.4. The van der Waals surface area contributed by atoms with Gasteiger partial charge in [-0.1, -0.05) is 6.07 Å². The number of benzene rings is 1. The standard InChI is InChI=1S/C10H12O3S/c1-12-5-6-13-10(11)8-3-2-4-9(14)7-8/h2-4,7,14H,5-6H2,1H3. The molecule has 76 valence electrons. The van der Waals surface area contributed by atoms with E-state index in [2.05, 4.69) is 12.6 Å². The van der Waals surface area contributed by atoms with Crippen LogP contribution in [-0.2, 0) is 9.47 Å². The maximum atomic E-state index is 11.4. The average molecular weight is 212 g/mol. The molecule has 0 unspecified atom stereocenters. The normalized spacial score (nSPS) is 9.86. The lowest BCUT2D eigenvalue weighted by molar-refractivity contribution is 0.0388. The van der Waals surface area contributed by atoms with Crippen molar-refractivity contribution in [3.63, 3.8) is 0 Å². The van der Waals surface area contributed by atoms with Gasteiger partial charge in [0.1, 0.15) is 6.61 Å². The quantitative estimate of drug-likeness (QED) is 0.469. The molecule has 0 fully saturated rings. The van der Waals surface area contributed by atoms with E-state index < -0.39 is 0 Å². The fourth-order valence-electron chi connectivity index (χ4n) is 0.934. The molecular weight excluding hydrogens is 200 g/mol. The van der Waals surface area contributed by atoms with Crippen molar-refractivity contribution in [3.8, 4) is 0 Å². The first-order chi connectivity index (χ1) is 6.74. The van der Waals surface area contributed by atoms with Gasteiger partial charge in [-0.15, -0.1) is 12.6 Å². The van der Waals surface area contributed by atoms with Gasteiger partial charge >= 0.3 is 5.97 Å². The summed E-state index contributed by atoms with van der Waals surface area (Å²) in [5.74, 6) is -0.349. The fraction of sp³-hybridized carbons (Fsp3) is 0.300. The largest absolute Gasteiger partial charge is 0.460 e. The molecule has 0 saturated carbocycles. The second kappa shape index (κ2) is 5.67. The van der Waals surface area contributed by atoms with Crippen LogP contribution in [0.5, 0.6) is 0 Å². The van der Waals surface area contributed by atoms with E-state index in [1.165, 1.54) is 0 Å². The molecule has 1 rings (SSSR count). The summed E-state index contributed by atoms with van der Waals surface area (Å²) in [4.78, 5) is 12.1. The maximum absolute atomic E-state index is 11.4. The minimum absolute atomic E-state index is 0.270. The van der Waals surface area contributed by atoms with Crippen LogP contribution < -0.4 is 0 Å². The van der Waals surface area contributed by atoms with E-state index in [0.29, 0.717) is 12.2 Å². The molecule has 0 spiro atoms. The zero-order valence-electron chi connectivity index (χ0n) is 7.90. The molecule has 1 aromatic carbocycles. The third-order valence-electron chi connectivity index (χ3n) is 1.60. The molecule has 4 heteroatoms.